The standard InChI is InChI=1S/C23H26ClN7O3S2/c1-23(26)9-11-31(12-10-23)18-13-28-22(20(25)30-18)35-16-7-4-6-15(19(16)24)29-21(32)14-5-2-3-8-17(14)36(27,33)34/h2-8,13H,9-12,26H2,1H3,(H2,25,30)(H,29,32)(H2,27,33,34). The zero-order chi connectivity index (χ0) is 26.1. The number of carbonyl (C=O) groups is 1. The number of hydrogen-bond donors (Lipinski definition) is 4. The van der Waals surface area contributed by atoms with Crippen LogP contribution < -0.4 is 26.8 Å². The van der Waals surface area contributed by atoms with Crippen molar-refractivity contribution in [1.29, 1.82) is 0 Å². The molecule has 0 spiro atoms. The number of primary sulfonamides is 1. The minimum Gasteiger partial charge on any atom is -0.381 e. The number of nitrogens with zero attached hydrogens (tertiary/aromatic N) is 3. The summed E-state index contributed by atoms with van der Waals surface area (Å²) in [7, 11) is -4.09. The normalized spacial score (nSPS) is 15.5. The van der Waals surface area contributed by atoms with Crippen LogP contribution in [0.25, 0.3) is 0 Å². The molecule has 7 N–H and O–H groups in total. The van der Waals surface area contributed by atoms with Crippen LogP contribution in [0, 0.1) is 0 Å². The number of carbonyl (C=O) groups excluding carboxylic acids is 1. The molecule has 190 valence electrons. The fourth-order valence-corrected chi connectivity index (χ4v) is 5.58. The molecule has 36 heavy (non-hydrogen) atoms. The number of sulfonamides is 1. The van der Waals surface area contributed by atoms with Crippen LogP contribution in [0.5, 0.6) is 0 Å². The lowest BCUT2D eigenvalue weighted by Gasteiger charge is -2.37. The second-order valence-electron chi connectivity index (χ2n) is 8.77. The molecule has 1 fully saturated rings. The first-order chi connectivity index (χ1) is 16.9. The average Bonchev–Trinajstić information content (AvgIpc) is 2.82. The molecule has 1 aliphatic rings. The van der Waals surface area contributed by atoms with Crippen LogP contribution in [-0.2, 0) is 10.0 Å². The Bertz CT molecular complexity index is 1410. The summed E-state index contributed by atoms with van der Waals surface area (Å²) in [6, 6.07) is 10.7. The van der Waals surface area contributed by atoms with Crippen LogP contribution in [0.1, 0.15) is 30.1 Å². The van der Waals surface area contributed by atoms with E-state index >= 15 is 0 Å². The second kappa shape index (κ2) is 10.2. The molecule has 1 saturated heterocycles. The van der Waals surface area contributed by atoms with Gasteiger partial charge in [-0.1, -0.05) is 41.6 Å². The number of nitrogen functional groups attached to an aromatic ring is 1. The average molecular weight is 548 g/mol. The molecular formula is C23H26ClN7O3S2. The molecule has 0 radical (unpaired) electrons. The van der Waals surface area contributed by atoms with Gasteiger partial charge in [-0.05, 0) is 44.0 Å². The lowest BCUT2D eigenvalue weighted by molar-refractivity contribution is 0.102. The highest BCUT2D eigenvalue weighted by Crippen LogP contribution is 2.39. The van der Waals surface area contributed by atoms with E-state index in [2.05, 4.69) is 20.2 Å². The van der Waals surface area contributed by atoms with Crippen LogP contribution in [-0.4, -0.2) is 42.9 Å². The molecule has 0 unspecified atom stereocenters. The first kappa shape index (κ1) is 26.2. The van der Waals surface area contributed by atoms with E-state index in [1.807, 2.05) is 6.92 Å². The smallest absolute Gasteiger partial charge is 0.257 e. The number of anilines is 3. The summed E-state index contributed by atoms with van der Waals surface area (Å²) in [5, 5.41) is 8.60. The molecule has 0 atom stereocenters. The lowest BCUT2D eigenvalue weighted by atomic mass is 9.91. The summed E-state index contributed by atoms with van der Waals surface area (Å²) in [6.07, 6.45) is 3.36. The third-order valence-corrected chi connectivity index (χ3v) is 8.39. The highest BCUT2D eigenvalue weighted by Gasteiger charge is 2.27. The van der Waals surface area contributed by atoms with Crippen molar-refractivity contribution in [2.75, 3.05) is 29.0 Å². The van der Waals surface area contributed by atoms with Gasteiger partial charge in [0.1, 0.15) is 10.8 Å². The number of benzene rings is 2. The van der Waals surface area contributed by atoms with E-state index in [-0.39, 0.29) is 32.5 Å². The first-order valence-corrected chi connectivity index (χ1v) is 13.7. The summed E-state index contributed by atoms with van der Waals surface area (Å²) in [4.78, 5) is 24.2. The fourth-order valence-electron chi connectivity index (χ4n) is 3.74. The van der Waals surface area contributed by atoms with Crippen molar-refractivity contribution in [3.05, 3.63) is 59.2 Å². The molecule has 0 bridgehead atoms. The monoisotopic (exact) mass is 547 g/mol. The van der Waals surface area contributed by atoms with Gasteiger partial charge >= 0.3 is 0 Å². The van der Waals surface area contributed by atoms with Gasteiger partial charge < -0.3 is 21.7 Å². The molecule has 1 amide bonds. The van der Waals surface area contributed by atoms with Crippen LogP contribution in [0.15, 0.2) is 63.5 Å². The predicted molar refractivity (Wildman–Crippen MR) is 142 cm³/mol. The second-order valence-corrected chi connectivity index (χ2v) is 11.7. The number of piperidine rings is 1. The number of nitrogens with one attached hydrogen (secondary N) is 1. The van der Waals surface area contributed by atoms with Gasteiger partial charge in [0, 0.05) is 23.5 Å². The summed E-state index contributed by atoms with van der Waals surface area (Å²) in [5.41, 5.74) is 12.4. The molecule has 1 aromatic heterocycles. The van der Waals surface area contributed by atoms with Gasteiger partial charge in [0.2, 0.25) is 10.0 Å². The minimum atomic E-state index is -4.09. The van der Waals surface area contributed by atoms with Gasteiger partial charge in [-0.2, -0.15) is 0 Å². The Morgan fingerprint density at radius 3 is 2.53 bits per heavy atom. The molecule has 13 heteroatoms. The Morgan fingerprint density at radius 2 is 1.86 bits per heavy atom. The van der Waals surface area contributed by atoms with E-state index in [9.17, 15) is 13.2 Å². The number of rotatable bonds is 6. The van der Waals surface area contributed by atoms with Crippen molar-refractivity contribution < 1.29 is 13.2 Å². The van der Waals surface area contributed by atoms with Crippen molar-refractivity contribution in [1.82, 2.24) is 9.97 Å². The molecule has 3 aromatic rings. The van der Waals surface area contributed by atoms with E-state index in [1.165, 1.54) is 30.0 Å². The van der Waals surface area contributed by atoms with E-state index in [1.54, 1.807) is 30.5 Å². The zero-order valence-corrected chi connectivity index (χ0v) is 21.8. The number of nitrogens with two attached hydrogens (primary N) is 3. The van der Waals surface area contributed by atoms with Crippen LogP contribution in [0.3, 0.4) is 0 Å². The summed E-state index contributed by atoms with van der Waals surface area (Å²) in [5.74, 6) is 0.279. The van der Waals surface area contributed by atoms with Gasteiger partial charge in [0.15, 0.2) is 5.82 Å². The van der Waals surface area contributed by atoms with Crippen LogP contribution in [0.4, 0.5) is 17.3 Å². The van der Waals surface area contributed by atoms with Gasteiger partial charge in [-0.15, -0.1) is 0 Å². The van der Waals surface area contributed by atoms with Gasteiger partial charge in [-0.25, -0.2) is 23.5 Å². The topological polar surface area (TPSA) is 170 Å². The van der Waals surface area contributed by atoms with Gasteiger partial charge in [-0.3, -0.25) is 4.79 Å². The molecule has 2 heterocycles. The largest absolute Gasteiger partial charge is 0.381 e. The zero-order valence-electron chi connectivity index (χ0n) is 19.4. The highest BCUT2D eigenvalue weighted by atomic mass is 35.5. The number of hydrogen-bond acceptors (Lipinski definition) is 9. The number of aromatic nitrogens is 2. The summed E-state index contributed by atoms with van der Waals surface area (Å²) >= 11 is 7.77. The SMILES string of the molecule is CC1(N)CCN(c2cnc(Sc3cccc(NC(=O)c4ccccc4S(N)(=O)=O)c3Cl)c(N)n2)CC1. The number of halogens is 1. The maximum Gasteiger partial charge on any atom is 0.257 e. The van der Waals surface area contributed by atoms with Crippen LogP contribution >= 0.6 is 23.4 Å². The van der Waals surface area contributed by atoms with Gasteiger partial charge in [0.05, 0.1) is 27.4 Å². The Kier molecular flexibility index (Phi) is 7.43. The predicted octanol–water partition coefficient (Wildman–Crippen LogP) is 3.08. The molecule has 2 aromatic carbocycles. The van der Waals surface area contributed by atoms with Gasteiger partial charge in [0.25, 0.3) is 5.91 Å². The third-order valence-electron chi connectivity index (χ3n) is 5.84. The molecular weight excluding hydrogens is 522 g/mol. The van der Waals surface area contributed by atoms with Crippen LogP contribution in [0.2, 0.25) is 5.02 Å². The Hall–Kier alpha value is -2.90. The Labute approximate surface area is 218 Å². The number of amides is 1. The summed E-state index contributed by atoms with van der Waals surface area (Å²) in [6.45, 7) is 3.59. The summed E-state index contributed by atoms with van der Waals surface area (Å²) < 4.78 is 23.7. The lowest BCUT2D eigenvalue weighted by Crippen LogP contribution is -2.48. The van der Waals surface area contributed by atoms with E-state index in [0.717, 1.165) is 25.9 Å². The molecule has 10 nitrogen and oxygen atoms in total. The van der Waals surface area contributed by atoms with E-state index < -0.39 is 15.9 Å². The maximum absolute atomic E-state index is 12.8. The van der Waals surface area contributed by atoms with Crippen molar-refractivity contribution in [2.24, 2.45) is 10.9 Å². The minimum absolute atomic E-state index is 0.0903. The quantitative estimate of drug-likeness (QED) is 0.362. The van der Waals surface area contributed by atoms with E-state index in [0.29, 0.717) is 15.7 Å². The highest BCUT2D eigenvalue weighted by molar-refractivity contribution is 7.99. The molecule has 0 aliphatic carbocycles. The maximum atomic E-state index is 12.8. The first-order valence-electron chi connectivity index (χ1n) is 11.0. The van der Waals surface area contributed by atoms with Crippen molar-refractivity contribution in [3.8, 4) is 0 Å². The van der Waals surface area contributed by atoms with Crippen molar-refractivity contribution in [3.63, 3.8) is 0 Å². The van der Waals surface area contributed by atoms with E-state index in [4.69, 9.17) is 28.2 Å². The van der Waals surface area contributed by atoms with Crippen molar-refractivity contribution >= 4 is 56.6 Å². The fraction of sp³-hybridized carbons (Fsp3) is 0.261. The molecule has 4 rings (SSSR count). The Morgan fingerprint density at radius 1 is 1.17 bits per heavy atom. The third kappa shape index (κ3) is 5.90. The van der Waals surface area contributed by atoms with Crippen molar-refractivity contribution in [2.45, 2.75) is 40.1 Å². The molecule has 0 saturated carbocycles. The Balaban J connectivity index is 1.52. The molecule has 1 aliphatic heterocycles.